The normalized spacial score (nSPS) is 28.2. The number of carbonyl (C=O) groups is 5. The maximum atomic E-state index is 14.6. The molecule has 284 valence electrons. The molecular formula is C36H48FN5O9S. The van der Waals surface area contributed by atoms with Gasteiger partial charge in [-0.15, -0.1) is 0 Å². The molecule has 52 heavy (non-hydrogen) atoms. The third-order valence-corrected chi connectivity index (χ3v) is 12.1. The van der Waals surface area contributed by atoms with Gasteiger partial charge in [0.2, 0.25) is 21.8 Å². The summed E-state index contributed by atoms with van der Waals surface area (Å²) in [5.41, 5.74) is -1.19. The van der Waals surface area contributed by atoms with Crippen LogP contribution in [-0.4, -0.2) is 95.8 Å². The number of halogens is 1. The average Bonchev–Trinajstić information content (AvgIpc) is 3.99. The number of alkyl carbamates (subject to hydrolysis) is 1. The van der Waals surface area contributed by atoms with E-state index in [4.69, 9.17) is 9.47 Å². The minimum atomic E-state index is -3.92. The van der Waals surface area contributed by atoms with Gasteiger partial charge < -0.3 is 29.9 Å². The molecule has 3 N–H and O–H groups in total. The molecule has 3 fully saturated rings. The van der Waals surface area contributed by atoms with Gasteiger partial charge in [0.25, 0.3) is 5.91 Å². The highest BCUT2D eigenvalue weighted by atomic mass is 32.2. The van der Waals surface area contributed by atoms with Crippen LogP contribution in [0.5, 0.6) is 0 Å². The van der Waals surface area contributed by atoms with E-state index < -0.39 is 86.2 Å². The molecule has 5 aliphatic rings. The molecule has 2 saturated carbocycles. The van der Waals surface area contributed by atoms with Crippen molar-refractivity contribution in [2.45, 2.75) is 126 Å². The zero-order valence-electron chi connectivity index (χ0n) is 29.8. The fourth-order valence-electron chi connectivity index (χ4n) is 7.21. The van der Waals surface area contributed by atoms with Gasteiger partial charge >= 0.3 is 12.2 Å². The van der Waals surface area contributed by atoms with Crippen LogP contribution in [-0.2, 0) is 46.8 Å². The lowest BCUT2D eigenvalue weighted by atomic mass is 10.00. The summed E-state index contributed by atoms with van der Waals surface area (Å²) < 4.78 is 53.5. The van der Waals surface area contributed by atoms with E-state index in [1.54, 1.807) is 26.8 Å². The molecule has 1 aromatic carbocycles. The summed E-state index contributed by atoms with van der Waals surface area (Å²) in [4.78, 5) is 71.0. The first-order chi connectivity index (χ1) is 24.6. The van der Waals surface area contributed by atoms with Crippen molar-refractivity contribution in [2.24, 2.45) is 5.92 Å². The van der Waals surface area contributed by atoms with Crippen LogP contribution in [0, 0.1) is 11.7 Å². The van der Waals surface area contributed by atoms with Gasteiger partial charge in [-0.3, -0.25) is 19.1 Å². The summed E-state index contributed by atoms with van der Waals surface area (Å²) in [5, 5.41) is 4.80. The second kappa shape index (κ2) is 14.7. The Morgan fingerprint density at radius 2 is 1.85 bits per heavy atom. The number of sulfonamides is 1. The van der Waals surface area contributed by atoms with Crippen LogP contribution in [0.15, 0.2) is 30.4 Å². The lowest BCUT2D eigenvalue weighted by Crippen LogP contribution is -2.58. The fourth-order valence-corrected chi connectivity index (χ4v) is 8.57. The van der Waals surface area contributed by atoms with Crippen molar-refractivity contribution in [3.05, 3.63) is 47.3 Å². The minimum Gasteiger partial charge on any atom is -0.444 e. The SMILES string of the molecule is CC(C)(C)OC(=O)N[C@H]1CCCCCC=C[C@@H]2C[C@@]2(C(=O)NS(=O)(=O)C2CC2)NC(=O)[C@@H]2C[C@@H](OC(=O)N3CCc4cccc(F)c4C3)CN2C1=O. The Morgan fingerprint density at radius 3 is 2.58 bits per heavy atom. The largest absolute Gasteiger partial charge is 0.444 e. The van der Waals surface area contributed by atoms with Gasteiger partial charge in [-0.25, -0.2) is 22.4 Å². The van der Waals surface area contributed by atoms with E-state index in [1.165, 1.54) is 15.9 Å². The summed E-state index contributed by atoms with van der Waals surface area (Å²) >= 11 is 0. The van der Waals surface area contributed by atoms with Crippen molar-refractivity contribution < 1.29 is 46.3 Å². The number of hydrogen-bond donors (Lipinski definition) is 3. The molecule has 0 unspecified atom stereocenters. The maximum Gasteiger partial charge on any atom is 0.410 e. The number of fused-ring (bicyclic) bond motifs is 3. The first kappa shape index (κ1) is 37.5. The molecular weight excluding hydrogens is 697 g/mol. The number of amides is 5. The topological polar surface area (TPSA) is 181 Å². The van der Waals surface area contributed by atoms with E-state index in [-0.39, 0.29) is 38.9 Å². The van der Waals surface area contributed by atoms with Crippen LogP contribution in [0.25, 0.3) is 0 Å². The van der Waals surface area contributed by atoms with Crippen LogP contribution in [0.2, 0.25) is 0 Å². The lowest BCUT2D eigenvalue weighted by Gasteiger charge is -2.30. The monoisotopic (exact) mass is 745 g/mol. The standard InChI is InChI=1S/C36H48FN5O9S/c1-35(2,3)51-33(46)38-28-13-8-6-4-5-7-11-23-19-36(23,32(45)40-52(48,49)25-14-15-25)39-30(43)29-18-24(20-42(29)31(28)44)50-34(47)41-17-16-22-10-9-12-27(37)26(22)21-41/h7,9-12,23-25,28-29H,4-6,8,13-21H2,1-3H3,(H,38,46)(H,39,43)(H,40,45)/t23-,24-,28+,29+,36-/m1/s1. The molecule has 14 nitrogen and oxygen atoms in total. The summed E-state index contributed by atoms with van der Waals surface area (Å²) in [7, 11) is -3.92. The molecule has 0 spiro atoms. The highest BCUT2D eigenvalue weighted by Gasteiger charge is 2.62. The number of ether oxygens (including phenoxy) is 2. The number of allylic oxidation sites excluding steroid dienone is 1. The first-order valence-corrected chi connectivity index (χ1v) is 19.7. The van der Waals surface area contributed by atoms with E-state index in [0.29, 0.717) is 37.7 Å². The fraction of sp³-hybridized carbons (Fsp3) is 0.639. The molecule has 2 aliphatic carbocycles. The van der Waals surface area contributed by atoms with Crippen LogP contribution < -0.4 is 15.4 Å². The van der Waals surface area contributed by atoms with Crippen LogP contribution >= 0.6 is 0 Å². The molecule has 6 rings (SSSR count). The molecule has 3 aliphatic heterocycles. The highest BCUT2D eigenvalue weighted by Crippen LogP contribution is 2.46. The maximum absolute atomic E-state index is 14.6. The van der Waals surface area contributed by atoms with Crippen LogP contribution in [0.3, 0.4) is 0 Å². The van der Waals surface area contributed by atoms with Gasteiger partial charge in [-0.05, 0) is 77.3 Å². The molecule has 16 heteroatoms. The number of nitrogens with zero attached hydrogens (tertiary/aromatic N) is 2. The average molecular weight is 746 g/mol. The quantitative estimate of drug-likeness (QED) is 0.382. The molecule has 5 amide bonds. The molecule has 1 saturated heterocycles. The zero-order valence-corrected chi connectivity index (χ0v) is 30.6. The zero-order chi connectivity index (χ0) is 37.4. The van der Waals surface area contributed by atoms with E-state index >= 15 is 0 Å². The summed E-state index contributed by atoms with van der Waals surface area (Å²) in [5.74, 6) is -3.05. The smallest absolute Gasteiger partial charge is 0.410 e. The van der Waals surface area contributed by atoms with Crippen molar-refractivity contribution in [1.82, 2.24) is 25.2 Å². The third-order valence-electron chi connectivity index (χ3n) is 10.3. The number of benzene rings is 1. The Morgan fingerprint density at radius 1 is 1.08 bits per heavy atom. The number of hydrogen-bond acceptors (Lipinski definition) is 9. The van der Waals surface area contributed by atoms with Gasteiger partial charge in [0.05, 0.1) is 18.3 Å². The van der Waals surface area contributed by atoms with E-state index in [0.717, 1.165) is 18.4 Å². The molecule has 0 bridgehead atoms. The van der Waals surface area contributed by atoms with Crippen molar-refractivity contribution in [3.8, 4) is 0 Å². The Labute approximate surface area is 303 Å². The van der Waals surface area contributed by atoms with Crippen molar-refractivity contribution >= 4 is 39.9 Å². The molecule has 5 atom stereocenters. The minimum absolute atomic E-state index is 0.00168. The number of rotatable bonds is 5. The Kier molecular flexibility index (Phi) is 10.6. The van der Waals surface area contributed by atoms with Gasteiger partial charge in [0.15, 0.2) is 0 Å². The van der Waals surface area contributed by atoms with Crippen molar-refractivity contribution in [3.63, 3.8) is 0 Å². The predicted molar refractivity (Wildman–Crippen MR) is 185 cm³/mol. The second-order valence-electron chi connectivity index (χ2n) is 15.5. The van der Waals surface area contributed by atoms with Gasteiger partial charge in [-0.2, -0.15) is 0 Å². The Hall–Kier alpha value is -4.21. The molecule has 0 radical (unpaired) electrons. The van der Waals surface area contributed by atoms with E-state index in [1.807, 2.05) is 18.2 Å². The van der Waals surface area contributed by atoms with Crippen molar-refractivity contribution in [2.75, 3.05) is 13.1 Å². The van der Waals surface area contributed by atoms with Crippen LogP contribution in [0.1, 0.15) is 89.7 Å². The first-order valence-electron chi connectivity index (χ1n) is 18.1. The van der Waals surface area contributed by atoms with Crippen LogP contribution in [0.4, 0.5) is 14.0 Å². The molecule has 1 aromatic rings. The van der Waals surface area contributed by atoms with Gasteiger partial charge in [0, 0.05) is 24.4 Å². The van der Waals surface area contributed by atoms with Gasteiger partial charge in [0.1, 0.15) is 35.1 Å². The van der Waals surface area contributed by atoms with Crippen molar-refractivity contribution in [1.29, 1.82) is 0 Å². The second-order valence-corrected chi connectivity index (χ2v) is 17.5. The number of nitrogens with one attached hydrogen (secondary N) is 3. The summed E-state index contributed by atoms with van der Waals surface area (Å²) in [6.07, 6.45) is 5.57. The predicted octanol–water partition coefficient (Wildman–Crippen LogP) is 3.19. The summed E-state index contributed by atoms with van der Waals surface area (Å²) in [6, 6.07) is 2.46. The molecule has 3 heterocycles. The Bertz CT molecular complexity index is 1740. The summed E-state index contributed by atoms with van der Waals surface area (Å²) in [6.45, 7) is 5.18. The highest BCUT2D eigenvalue weighted by molar-refractivity contribution is 7.91. The van der Waals surface area contributed by atoms with E-state index in [9.17, 15) is 36.8 Å². The lowest BCUT2D eigenvalue weighted by molar-refractivity contribution is -0.141. The van der Waals surface area contributed by atoms with Gasteiger partial charge in [-0.1, -0.05) is 37.1 Å². The van der Waals surface area contributed by atoms with E-state index in [2.05, 4.69) is 15.4 Å². The third kappa shape index (κ3) is 8.53. The Balaban J connectivity index is 1.25. The number of carbonyl (C=O) groups excluding carboxylic acids is 5. The molecule has 0 aromatic heterocycles.